The van der Waals surface area contributed by atoms with Crippen LogP contribution in [0.2, 0.25) is 0 Å². The van der Waals surface area contributed by atoms with Gasteiger partial charge in [0.05, 0.1) is 11.3 Å². The van der Waals surface area contributed by atoms with E-state index in [2.05, 4.69) is 17.3 Å². The fourth-order valence-corrected chi connectivity index (χ4v) is 2.53. The molecule has 1 heterocycles. The number of para-hydroxylation sites is 1. The van der Waals surface area contributed by atoms with Crippen LogP contribution in [0.15, 0.2) is 24.3 Å². The molecule has 6 nitrogen and oxygen atoms in total. The lowest BCUT2D eigenvalue weighted by Crippen LogP contribution is -2.46. The molecule has 0 bridgehead atoms. The molecule has 1 fully saturated rings. The van der Waals surface area contributed by atoms with Crippen LogP contribution in [0.5, 0.6) is 0 Å². The summed E-state index contributed by atoms with van der Waals surface area (Å²) in [5.74, 6) is -1.05. The third-order valence-electron chi connectivity index (χ3n) is 3.96. The minimum absolute atomic E-state index is 0.0997. The van der Waals surface area contributed by atoms with Gasteiger partial charge in [-0.05, 0) is 45.1 Å². The highest BCUT2D eigenvalue weighted by atomic mass is 16.4. The molecule has 0 unspecified atom stereocenters. The van der Waals surface area contributed by atoms with Crippen LogP contribution in [0.3, 0.4) is 0 Å². The summed E-state index contributed by atoms with van der Waals surface area (Å²) >= 11 is 0. The molecule has 1 aliphatic heterocycles. The highest BCUT2D eigenvalue weighted by Crippen LogP contribution is 2.18. The van der Waals surface area contributed by atoms with Crippen molar-refractivity contribution in [2.75, 3.05) is 32.5 Å². The molecule has 1 aromatic rings. The topological polar surface area (TPSA) is 72.9 Å². The number of carbonyl (C=O) groups is 2. The maximum atomic E-state index is 12.3. The maximum Gasteiger partial charge on any atom is 0.337 e. The van der Waals surface area contributed by atoms with Crippen LogP contribution in [0.25, 0.3) is 0 Å². The molecule has 6 heteroatoms. The van der Waals surface area contributed by atoms with Gasteiger partial charge in [0.25, 0.3) is 0 Å². The molecule has 2 N–H and O–H groups in total. The number of carboxylic acids is 1. The van der Waals surface area contributed by atoms with E-state index in [0.29, 0.717) is 5.69 Å². The maximum absolute atomic E-state index is 12.3. The van der Waals surface area contributed by atoms with Crippen molar-refractivity contribution in [3.63, 3.8) is 0 Å². The largest absolute Gasteiger partial charge is 0.478 e. The van der Waals surface area contributed by atoms with Crippen molar-refractivity contribution in [2.24, 2.45) is 0 Å². The van der Waals surface area contributed by atoms with Gasteiger partial charge in [0.1, 0.15) is 0 Å². The predicted molar refractivity (Wildman–Crippen MR) is 80.7 cm³/mol. The smallest absolute Gasteiger partial charge is 0.337 e. The van der Waals surface area contributed by atoms with Gasteiger partial charge in [-0.15, -0.1) is 0 Å². The lowest BCUT2D eigenvalue weighted by molar-refractivity contribution is 0.0698. The Hall–Kier alpha value is -2.08. The van der Waals surface area contributed by atoms with E-state index in [1.807, 2.05) is 0 Å². The summed E-state index contributed by atoms with van der Waals surface area (Å²) in [7, 11) is 3.83. The summed E-state index contributed by atoms with van der Waals surface area (Å²) in [6.07, 6.45) is 1.86. The zero-order valence-corrected chi connectivity index (χ0v) is 12.4. The Morgan fingerprint density at radius 3 is 2.52 bits per heavy atom. The van der Waals surface area contributed by atoms with Crippen LogP contribution >= 0.6 is 0 Å². The Morgan fingerprint density at radius 2 is 1.90 bits per heavy atom. The fraction of sp³-hybridized carbons (Fsp3) is 0.467. The minimum atomic E-state index is -1.05. The van der Waals surface area contributed by atoms with Crippen molar-refractivity contribution in [3.05, 3.63) is 29.8 Å². The molecule has 2 rings (SSSR count). The van der Waals surface area contributed by atoms with Crippen molar-refractivity contribution >= 4 is 17.7 Å². The van der Waals surface area contributed by atoms with E-state index >= 15 is 0 Å². The lowest BCUT2D eigenvalue weighted by atomic mass is 10.0. The number of benzene rings is 1. The van der Waals surface area contributed by atoms with Crippen molar-refractivity contribution in [3.8, 4) is 0 Å². The normalized spacial score (nSPS) is 16.5. The Morgan fingerprint density at radius 1 is 1.29 bits per heavy atom. The molecule has 0 atom stereocenters. The Balaban J connectivity index is 2.03. The second kappa shape index (κ2) is 6.58. The number of nitrogens with zero attached hydrogens (tertiary/aromatic N) is 2. The summed E-state index contributed by atoms with van der Waals surface area (Å²) in [6, 6.07) is 6.35. The molecule has 1 saturated heterocycles. The molecule has 0 aliphatic carbocycles. The summed E-state index contributed by atoms with van der Waals surface area (Å²) in [4.78, 5) is 27.3. The van der Waals surface area contributed by atoms with Gasteiger partial charge in [0.2, 0.25) is 0 Å². The van der Waals surface area contributed by atoms with Crippen molar-refractivity contribution in [1.29, 1.82) is 0 Å². The molecule has 0 saturated carbocycles. The van der Waals surface area contributed by atoms with Crippen LogP contribution in [-0.2, 0) is 0 Å². The van der Waals surface area contributed by atoms with Crippen molar-refractivity contribution in [2.45, 2.75) is 18.9 Å². The molecule has 114 valence electrons. The Labute approximate surface area is 124 Å². The molecule has 21 heavy (non-hydrogen) atoms. The van der Waals surface area contributed by atoms with Crippen LogP contribution in [-0.4, -0.2) is 60.1 Å². The van der Waals surface area contributed by atoms with Crippen LogP contribution in [0.1, 0.15) is 23.2 Å². The number of hydrogen-bond donors (Lipinski definition) is 2. The zero-order chi connectivity index (χ0) is 15.4. The molecule has 0 spiro atoms. The molecule has 1 aliphatic rings. The van der Waals surface area contributed by atoms with Gasteiger partial charge in [0, 0.05) is 13.1 Å². The van der Waals surface area contributed by atoms with Gasteiger partial charge in [-0.25, -0.2) is 9.59 Å². The number of amides is 2. The third kappa shape index (κ3) is 3.72. The van der Waals surface area contributed by atoms with Gasteiger partial charge in [-0.2, -0.15) is 0 Å². The van der Waals surface area contributed by atoms with E-state index in [4.69, 9.17) is 5.11 Å². The summed E-state index contributed by atoms with van der Waals surface area (Å²) in [6.45, 7) is 1.93. The van der Waals surface area contributed by atoms with E-state index < -0.39 is 5.97 Å². The number of aromatic carboxylic acids is 1. The molecule has 2 amide bonds. The number of carboxylic acid groups (broad SMARTS) is 1. The van der Waals surface area contributed by atoms with E-state index in [0.717, 1.165) is 25.9 Å². The quantitative estimate of drug-likeness (QED) is 0.892. The van der Waals surface area contributed by atoms with Crippen LogP contribution in [0, 0.1) is 0 Å². The van der Waals surface area contributed by atoms with Gasteiger partial charge >= 0.3 is 12.0 Å². The Kier molecular flexibility index (Phi) is 4.80. The highest BCUT2D eigenvalue weighted by molar-refractivity contribution is 5.99. The fourth-order valence-electron chi connectivity index (χ4n) is 2.53. The monoisotopic (exact) mass is 291 g/mol. The summed E-state index contributed by atoms with van der Waals surface area (Å²) in [5.41, 5.74) is 0.428. The Bertz CT molecular complexity index is 525. The molecular weight excluding hydrogens is 270 g/mol. The number of urea groups is 1. The van der Waals surface area contributed by atoms with Crippen LogP contribution in [0.4, 0.5) is 10.5 Å². The number of nitrogens with one attached hydrogen (secondary N) is 1. The number of rotatable bonds is 3. The first-order valence-corrected chi connectivity index (χ1v) is 7.03. The first kappa shape index (κ1) is 15.3. The van der Waals surface area contributed by atoms with E-state index in [9.17, 15) is 9.59 Å². The zero-order valence-electron chi connectivity index (χ0n) is 12.4. The summed E-state index contributed by atoms with van der Waals surface area (Å²) < 4.78 is 0. The average molecular weight is 291 g/mol. The van der Waals surface area contributed by atoms with Crippen LogP contribution < -0.4 is 5.32 Å². The molecule has 1 aromatic carbocycles. The van der Waals surface area contributed by atoms with E-state index in [-0.39, 0.29) is 17.6 Å². The highest BCUT2D eigenvalue weighted by Gasteiger charge is 2.24. The van der Waals surface area contributed by atoms with Crippen molar-refractivity contribution < 1.29 is 14.7 Å². The standard InChI is InChI=1S/C15H21N3O3/c1-17-9-7-11(8-10-17)18(2)15(21)16-13-6-4-3-5-12(13)14(19)20/h3-6,11H,7-10H2,1-2H3,(H,16,21)(H,19,20). The number of carbonyl (C=O) groups excluding carboxylic acids is 1. The number of hydrogen-bond acceptors (Lipinski definition) is 3. The minimum Gasteiger partial charge on any atom is -0.478 e. The van der Waals surface area contributed by atoms with Gasteiger partial charge in [-0.1, -0.05) is 12.1 Å². The number of piperidine rings is 1. The molecule has 0 aromatic heterocycles. The SMILES string of the molecule is CN1CCC(N(C)C(=O)Nc2ccccc2C(=O)O)CC1. The van der Waals surface area contributed by atoms with Crippen molar-refractivity contribution in [1.82, 2.24) is 9.80 Å². The molecular formula is C15H21N3O3. The second-order valence-corrected chi connectivity index (χ2v) is 5.43. The second-order valence-electron chi connectivity index (χ2n) is 5.43. The molecule has 0 radical (unpaired) electrons. The van der Waals surface area contributed by atoms with Gasteiger partial charge in [0.15, 0.2) is 0 Å². The number of likely N-dealkylation sites (tertiary alicyclic amines) is 1. The first-order chi connectivity index (χ1) is 9.99. The van der Waals surface area contributed by atoms with Gasteiger partial charge < -0.3 is 20.2 Å². The third-order valence-corrected chi connectivity index (χ3v) is 3.96. The average Bonchev–Trinajstić information content (AvgIpc) is 2.47. The summed E-state index contributed by atoms with van der Waals surface area (Å²) in [5, 5.41) is 11.8. The van der Waals surface area contributed by atoms with E-state index in [1.165, 1.54) is 6.07 Å². The van der Waals surface area contributed by atoms with Gasteiger partial charge in [-0.3, -0.25) is 0 Å². The van der Waals surface area contributed by atoms with E-state index in [1.54, 1.807) is 30.1 Å². The first-order valence-electron chi connectivity index (χ1n) is 7.03. The number of anilines is 1. The lowest BCUT2D eigenvalue weighted by Gasteiger charge is -2.35. The predicted octanol–water partition coefficient (Wildman–Crippen LogP) is 1.94.